The molecule has 0 aliphatic rings. The van der Waals surface area contributed by atoms with Gasteiger partial charge in [0.2, 0.25) is 0 Å². The van der Waals surface area contributed by atoms with Crippen molar-refractivity contribution in [3.05, 3.63) is 56.2 Å². The van der Waals surface area contributed by atoms with E-state index in [0.717, 1.165) is 12.3 Å². The Labute approximate surface area is 128 Å². The summed E-state index contributed by atoms with van der Waals surface area (Å²) in [6, 6.07) is 5.50. The van der Waals surface area contributed by atoms with Gasteiger partial charge in [-0.2, -0.15) is 0 Å². The smallest absolute Gasteiger partial charge is 0.288 e. The highest BCUT2D eigenvalue weighted by atomic mass is 35.5. The zero-order valence-electron chi connectivity index (χ0n) is 10.3. The topological polar surface area (TPSA) is 111 Å². The van der Waals surface area contributed by atoms with Crippen LogP contribution in [0.5, 0.6) is 0 Å². The van der Waals surface area contributed by atoms with Crippen molar-refractivity contribution in [2.24, 2.45) is 0 Å². The fourth-order valence-electron chi connectivity index (χ4n) is 1.57. The first kappa shape index (κ1) is 15.0. The maximum atomic E-state index is 12.1. The van der Waals surface area contributed by atoms with Crippen molar-refractivity contribution >= 4 is 46.3 Å². The molecule has 0 atom stereocenters. The molecule has 0 aliphatic carbocycles. The first-order chi connectivity index (χ1) is 9.86. The van der Waals surface area contributed by atoms with Crippen LogP contribution in [0.3, 0.4) is 0 Å². The predicted octanol–water partition coefficient (Wildman–Crippen LogP) is 3.13. The molecule has 1 aromatic carbocycles. The van der Waals surface area contributed by atoms with Crippen molar-refractivity contribution in [1.82, 2.24) is 4.98 Å². The van der Waals surface area contributed by atoms with Gasteiger partial charge in [-0.1, -0.05) is 23.2 Å². The Hall–Kier alpha value is -2.38. The molecular formula is C12H8Cl2N4O3. The number of amides is 1. The monoisotopic (exact) mass is 326 g/mol. The average Bonchev–Trinajstić information content (AvgIpc) is 2.37. The molecule has 2 aromatic rings. The number of carbonyl (C=O) groups is 1. The third-order valence-electron chi connectivity index (χ3n) is 2.48. The Balaban J connectivity index is 2.31. The van der Waals surface area contributed by atoms with Gasteiger partial charge in [-0.15, -0.1) is 0 Å². The molecule has 0 bridgehead atoms. The fourth-order valence-corrected chi connectivity index (χ4v) is 2.10. The number of benzene rings is 1. The number of anilines is 2. The summed E-state index contributed by atoms with van der Waals surface area (Å²) < 4.78 is 0. The number of nitrogens with zero attached hydrogens (tertiary/aromatic N) is 2. The number of nitrogens with one attached hydrogen (secondary N) is 1. The largest absolute Gasteiger partial charge is 0.383 e. The third kappa shape index (κ3) is 3.59. The molecule has 7 nitrogen and oxygen atoms in total. The van der Waals surface area contributed by atoms with Crippen molar-refractivity contribution in [3.8, 4) is 0 Å². The average molecular weight is 327 g/mol. The molecule has 9 heteroatoms. The predicted molar refractivity (Wildman–Crippen MR) is 79.7 cm³/mol. The van der Waals surface area contributed by atoms with Crippen LogP contribution in [0.1, 0.15) is 10.4 Å². The number of hydrogen-bond acceptors (Lipinski definition) is 5. The van der Waals surface area contributed by atoms with Crippen LogP contribution in [0, 0.1) is 10.1 Å². The molecule has 0 saturated carbocycles. The SMILES string of the molecule is Nc1ncc([N+](=O)[O-])cc1C(=O)Nc1cc(Cl)cc(Cl)c1. The molecule has 21 heavy (non-hydrogen) atoms. The Morgan fingerprint density at radius 1 is 1.24 bits per heavy atom. The normalized spacial score (nSPS) is 10.2. The number of nitrogen functional groups attached to an aromatic ring is 1. The van der Waals surface area contributed by atoms with Gasteiger partial charge in [-0.25, -0.2) is 4.98 Å². The van der Waals surface area contributed by atoms with E-state index in [-0.39, 0.29) is 17.1 Å². The molecular weight excluding hydrogens is 319 g/mol. The van der Waals surface area contributed by atoms with Gasteiger partial charge in [-0.3, -0.25) is 14.9 Å². The lowest BCUT2D eigenvalue weighted by Gasteiger charge is -2.07. The molecule has 0 fully saturated rings. The highest BCUT2D eigenvalue weighted by molar-refractivity contribution is 6.35. The molecule has 1 heterocycles. The summed E-state index contributed by atoms with van der Waals surface area (Å²) in [6.07, 6.45) is 0.975. The summed E-state index contributed by atoms with van der Waals surface area (Å²) in [6.45, 7) is 0. The Bertz CT molecular complexity index is 716. The van der Waals surface area contributed by atoms with Crippen LogP contribution in [-0.2, 0) is 0 Å². The van der Waals surface area contributed by atoms with Crippen molar-refractivity contribution in [2.45, 2.75) is 0 Å². The van der Waals surface area contributed by atoms with Crippen molar-refractivity contribution in [1.29, 1.82) is 0 Å². The van der Waals surface area contributed by atoms with Crippen molar-refractivity contribution < 1.29 is 9.72 Å². The number of nitro groups is 1. The molecule has 2 rings (SSSR count). The minimum atomic E-state index is -0.667. The van der Waals surface area contributed by atoms with E-state index in [1.165, 1.54) is 18.2 Å². The first-order valence-electron chi connectivity index (χ1n) is 5.54. The van der Waals surface area contributed by atoms with Gasteiger partial charge in [0, 0.05) is 21.8 Å². The van der Waals surface area contributed by atoms with E-state index in [1.807, 2.05) is 0 Å². The minimum Gasteiger partial charge on any atom is -0.383 e. The van der Waals surface area contributed by atoms with Crippen LogP contribution in [0.25, 0.3) is 0 Å². The van der Waals surface area contributed by atoms with Crippen LogP contribution in [-0.4, -0.2) is 15.8 Å². The quantitative estimate of drug-likeness (QED) is 0.664. The van der Waals surface area contributed by atoms with E-state index in [2.05, 4.69) is 10.3 Å². The van der Waals surface area contributed by atoms with E-state index in [9.17, 15) is 14.9 Å². The van der Waals surface area contributed by atoms with Gasteiger partial charge >= 0.3 is 0 Å². The molecule has 108 valence electrons. The van der Waals surface area contributed by atoms with Gasteiger partial charge in [0.25, 0.3) is 11.6 Å². The van der Waals surface area contributed by atoms with Crippen LogP contribution in [0.4, 0.5) is 17.2 Å². The molecule has 3 N–H and O–H groups in total. The summed E-state index contributed by atoms with van der Waals surface area (Å²) in [5, 5.41) is 13.9. The van der Waals surface area contributed by atoms with Gasteiger partial charge < -0.3 is 11.1 Å². The van der Waals surface area contributed by atoms with E-state index >= 15 is 0 Å². The number of halogens is 2. The summed E-state index contributed by atoms with van der Waals surface area (Å²) >= 11 is 11.6. The lowest BCUT2D eigenvalue weighted by molar-refractivity contribution is -0.385. The molecule has 0 radical (unpaired) electrons. The second-order valence-electron chi connectivity index (χ2n) is 4.00. The lowest BCUT2D eigenvalue weighted by atomic mass is 10.2. The number of rotatable bonds is 3. The molecule has 1 amide bonds. The molecule has 1 aromatic heterocycles. The molecule has 0 aliphatic heterocycles. The first-order valence-corrected chi connectivity index (χ1v) is 6.30. The van der Waals surface area contributed by atoms with Gasteiger partial charge in [-0.05, 0) is 18.2 Å². The summed E-state index contributed by atoms with van der Waals surface area (Å²) in [5.41, 5.74) is 5.45. The third-order valence-corrected chi connectivity index (χ3v) is 2.92. The zero-order chi connectivity index (χ0) is 15.6. The van der Waals surface area contributed by atoms with E-state index in [4.69, 9.17) is 28.9 Å². The fraction of sp³-hybridized carbons (Fsp3) is 0. The summed E-state index contributed by atoms with van der Waals surface area (Å²) in [5.74, 6) is -0.770. The van der Waals surface area contributed by atoms with Crippen LogP contribution in [0.2, 0.25) is 10.0 Å². The number of hydrogen-bond donors (Lipinski definition) is 2. The van der Waals surface area contributed by atoms with E-state index < -0.39 is 10.8 Å². The standard InChI is InChI=1S/C12H8Cl2N4O3/c13-6-1-7(14)3-8(2-6)17-12(19)10-4-9(18(20)21)5-16-11(10)15/h1-5H,(H2,15,16)(H,17,19). The highest BCUT2D eigenvalue weighted by Gasteiger charge is 2.17. The maximum absolute atomic E-state index is 12.1. The Kier molecular flexibility index (Phi) is 4.25. The van der Waals surface area contributed by atoms with Crippen LogP contribution in [0.15, 0.2) is 30.5 Å². The zero-order valence-corrected chi connectivity index (χ0v) is 11.9. The van der Waals surface area contributed by atoms with E-state index in [0.29, 0.717) is 15.7 Å². The van der Waals surface area contributed by atoms with Crippen LogP contribution >= 0.6 is 23.2 Å². The number of aromatic nitrogens is 1. The van der Waals surface area contributed by atoms with Gasteiger partial charge in [0.15, 0.2) is 0 Å². The second-order valence-corrected chi connectivity index (χ2v) is 4.87. The molecule has 0 spiro atoms. The second kappa shape index (κ2) is 5.94. The number of nitrogens with two attached hydrogens (primary N) is 1. The Morgan fingerprint density at radius 3 is 2.43 bits per heavy atom. The van der Waals surface area contributed by atoms with Gasteiger partial charge in [0.05, 0.1) is 10.5 Å². The number of carbonyl (C=O) groups excluding carboxylic acids is 1. The van der Waals surface area contributed by atoms with E-state index in [1.54, 1.807) is 0 Å². The van der Waals surface area contributed by atoms with Crippen molar-refractivity contribution in [3.63, 3.8) is 0 Å². The maximum Gasteiger partial charge on any atom is 0.288 e. The molecule has 0 saturated heterocycles. The highest BCUT2D eigenvalue weighted by Crippen LogP contribution is 2.24. The summed E-state index contributed by atoms with van der Waals surface area (Å²) in [7, 11) is 0. The van der Waals surface area contributed by atoms with Crippen molar-refractivity contribution in [2.75, 3.05) is 11.1 Å². The molecule has 0 unspecified atom stereocenters. The lowest BCUT2D eigenvalue weighted by Crippen LogP contribution is -2.15. The summed E-state index contributed by atoms with van der Waals surface area (Å²) in [4.78, 5) is 25.7. The minimum absolute atomic E-state index is 0.111. The Morgan fingerprint density at radius 2 is 1.86 bits per heavy atom. The number of pyridine rings is 1. The van der Waals surface area contributed by atoms with Crippen LogP contribution < -0.4 is 11.1 Å². The van der Waals surface area contributed by atoms with Gasteiger partial charge in [0.1, 0.15) is 12.0 Å².